The molecule has 0 atom stereocenters. The highest BCUT2D eigenvalue weighted by molar-refractivity contribution is 5.89. The molecule has 3 aromatic rings. The van der Waals surface area contributed by atoms with Gasteiger partial charge in [-0.15, -0.1) is 0 Å². The van der Waals surface area contributed by atoms with E-state index in [4.69, 9.17) is 9.47 Å². The molecule has 31 heavy (non-hydrogen) atoms. The monoisotopic (exact) mass is 416 g/mol. The Morgan fingerprint density at radius 3 is 2.03 bits per heavy atom. The van der Waals surface area contributed by atoms with Gasteiger partial charge in [-0.05, 0) is 52.8 Å². The Bertz CT molecular complexity index is 998. The van der Waals surface area contributed by atoms with Crippen LogP contribution in [0.15, 0.2) is 78.9 Å². The van der Waals surface area contributed by atoms with Crippen molar-refractivity contribution in [3.05, 3.63) is 101 Å². The van der Waals surface area contributed by atoms with Crippen LogP contribution in [0.5, 0.6) is 5.75 Å². The van der Waals surface area contributed by atoms with Gasteiger partial charge >= 0.3 is 11.9 Å². The van der Waals surface area contributed by atoms with E-state index in [0.29, 0.717) is 17.7 Å². The van der Waals surface area contributed by atoms with E-state index >= 15 is 0 Å². The van der Waals surface area contributed by atoms with Crippen LogP contribution in [-0.4, -0.2) is 11.9 Å². The van der Waals surface area contributed by atoms with Gasteiger partial charge in [0.25, 0.3) is 0 Å². The van der Waals surface area contributed by atoms with E-state index in [0.717, 1.165) is 11.1 Å². The Morgan fingerprint density at radius 1 is 0.774 bits per heavy atom. The van der Waals surface area contributed by atoms with Crippen LogP contribution in [0.25, 0.3) is 0 Å². The maximum absolute atomic E-state index is 12.2. The fourth-order valence-corrected chi connectivity index (χ4v) is 3.07. The summed E-state index contributed by atoms with van der Waals surface area (Å²) in [5.74, 6) is -0.313. The molecule has 0 saturated heterocycles. The summed E-state index contributed by atoms with van der Waals surface area (Å²) in [5.41, 5.74) is 3.81. The minimum atomic E-state index is -0.416. The molecule has 0 aliphatic heterocycles. The number of carbonyl (C=O) groups is 2. The highest BCUT2D eigenvalue weighted by atomic mass is 16.5. The van der Waals surface area contributed by atoms with Crippen molar-refractivity contribution in [1.82, 2.24) is 0 Å². The van der Waals surface area contributed by atoms with E-state index in [-0.39, 0.29) is 24.4 Å². The molecule has 0 aliphatic rings. The zero-order valence-corrected chi connectivity index (χ0v) is 18.3. The summed E-state index contributed by atoms with van der Waals surface area (Å²) in [6.07, 6.45) is 0.906. The molecule has 4 nitrogen and oxygen atoms in total. The van der Waals surface area contributed by atoms with Gasteiger partial charge in [0.2, 0.25) is 0 Å². The summed E-state index contributed by atoms with van der Waals surface area (Å²) in [6.45, 7) is 6.74. The Morgan fingerprint density at radius 2 is 1.42 bits per heavy atom. The Kier molecular flexibility index (Phi) is 7.24. The van der Waals surface area contributed by atoms with Crippen molar-refractivity contribution in [3.8, 4) is 5.75 Å². The molecular formula is C27H28O4. The summed E-state index contributed by atoms with van der Waals surface area (Å²) in [6, 6.07) is 24.2. The molecule has 0 radical (unpaired) electrons. The molecule has 3 rings (SSSR count). The predicted molar refractivity (Wildman–Crippen MR) is 121 cm³/mol. The number of hydrogen-bond acceptors (Lipinski definition) is 4. The molecule has 3 aromatic carbocycles. The number of aryl methyl sites for hydroxylation is 1. The smallest absolute Gasteiger partial charge is 0.338 e. The molecule has 0 spiro atoms. The standard InChI is InChI=1S/C27H28O4/c1-27(2,3)23-14-9-20(10-15-23)11-18-25(28)31-24-16-12-22(13-17-24)26(29)30-19-21-7-5-4-6-8-21/h4-10,12-17H,11,18-19H2,1-3H3. The van der Waals surface area contributed by atoms with Crippen molar-refractivity contribution in [2.45, 2.75) is 45.6 Å². The third-order valence-electron chi connectivity index (χ3n) is 4.97. The molecule has 0 aromatic heterocycles. The summed E-state index contributed by atoms with van der Waals surface area (Å²) >= 11 is 0. The Balaban J connectivity index is 1.46. The highest BCUT2D eigenvalue weighted by Gasteiger charge is 2.13. The second-order valence-corrected chi connectivity index (χ2v) is 8.51. The van der Waals surface area contributed by atoms with Crippen molar-refractivity contribution in [1.29, 1.82) is 0 Å². The van der Waals surface area contributed by atoms with Crippen LogP contribution >= 0.6 is 0 Å². The normalized spacial score (nSPS) is 11.1. The average molecular weight is 417 g/mol. The minimum absolute atomic E-state index is 0.109. The molecule has 0 unspecified atom stereocenters. The molecule has 0 aliphatic carbocycles. The fraction of sp³-hybridized carbons (Fsp3) is 0.259. The number of esters is 2. The van der Waals surface area contributed by atoms with Crippen molar-refractivity contribution in [2.24, 2.45) is 0 Å². The van der Waals surface area contributed by atoms with Gasteiger partial charge < -0.3 is 9.47 Å². The van der Waals surface area contributed by atoms with Crippen LogP contribution < -0.4 is 4.74 Å². The SMILES string of the molecule is CC(C)(C)c1ccc(CCC(=O)Oc2ccc(C(=O)OCc3ccccc3)cc2)cc1. The van der Waals surface area contributed by atoms with E-state index in [9.17, 15) is 9.59 Å². The molecule has 0 N–H and O–H groups in total. The number of ether oxygens (including phenoxy) is 2. The lowest BCUT2D eigenvalue weighted by Gasteiger charge is -2.19. The van der Waals surface area contributed by atoms with E-state index in [1.807, 2.05) is 30.3 Å². The van der Waals surface area contributed by atoms with Gasteiger partial charge in [-0.25, -0.2) is 4.79 Å². The van der Waals surface area contributed by atoms with E-state index in [2.05, 4.69) is 45.0 Å². The van der Waals surface area contributed by atoms with E-state index < -0.39 is 5.97 Å². The maximum Gasteiger partial charge on any atom is 0.338 e. The second-order valence-electron chi connectivity index (χ2n) is 8.51. The number of hydrogen-bond donors (Lipinski definition) is 0. The molecule has 160 valence electrons. The van der Waals surface area contributed by atoms with Crippen molar-refractivity contribution in [3.63, 3.8) is 0 Å². The minimum Gasteiger partial charge on any atom is -0.457 e. The highest BCUT2D eigenvalue weighted by Crippen LogP contribution is 2.22. The lowest BCUT2D eigenvalue weighted by Crippen LogP contribution is -2.11. The summed E-state index contributed by atoms with van der Waals surface area (Å²) in [4.78, 5) is 24.3. The molecule has 0 amide bonds. The van der Waals surface area contributed by atoms with Crippen LogP contribution in [0.2, 0.25) is 0 Å². The second kappa shape index (κ2) is 10.1. The fourth-order valence-electron chi connectivity index (χ4n) is 3.07. The third kappa shape index (κ3) is 6.82. The zero-order chi connectivity index (χ0) is 22.3. The van der Waals surface area contributed by atoms with Crippen LogP contribution in [0, 0.1) is 0 Å². The van der Waals surface area contributed by atoms with Gasteiger partial charge in [0.1, 0.15) is 12.4 Å². The van der Waals surface area contributed by atoms with E-state index in [1.165, 1.54) is 5.56 Å². The van der Waals surface area contributed by atoms with Gasteiger partial charge in [-0.3, -0.25) is 4.79 Å². The van der Waals surface area contributed by atoms with Gasteiger partial charge in [-0.2, -0.15) is 0 Å². The van der Waals surface area contributed by atoms with Gasteiger partial charge in [-0.1, -0.05) is 75.4 Å². The topological polar surface area (TPSA) is 52.6 Å². The first-order valence-corrected chi connectivity index (χ1v) is 10.4. The van der Waals surface area contributed by atoms with Crippen molar-refractivity contribution < 1.29 is 19.1 Å². The first kappa shape index (κ1) is 22.3. The quantitative estimate of drug-likeness (QED) is 0.356. The summed E-state index contributed by atoms with van der Waals surface area (Å²) < 4.78 is 10.7. The largest absolute Gasteiger partial charge is 0.457 e. The van der Waals surface area contributed by atoms with Crippen LogP contribution in [0.3, 0.4) is 0 Å². The van der Waals surface area contributed by atoms with Gasteiger partial charge in [0.15, 0.2) is 0 Å². The summed E-state index contributed by atoms with van der Waals surface area (Å²) in [5, 5.41) is 0. The Labute approximate surface area is 183 Å². The first-order chi connectivity index (χ1) is 14.8. The first-order valence-electron chi connectivity index (χ1n) is 10.4. The Hall–Kier alpha value is -3.40. The van der Waals surface area contributed by atoms with Gasteiger partial charge in [0.05, 0.1) is 5.56 Å². The van der Waals surface area contributed by atoms with E-state index in [1.54, 1.807) is 24.3 Å². The molecule has 0 fully saturated rings. The van der Waals surface area contributed by atoms with Gasteiger partial charge in [0, 0.05) is 6.42 Å². The lowest BCUT2D eigenvalue weighted by atomic mass is 9.86. The van der Waals surface area contributed by atoms with Crippen LogP contribution in [0.1, 0.15) is 54.2 Å². The molecular weight excluding hydrogens is 388 g/mol. The number of benzene rings is 3. The summed E-state index contributed by atoms with van der Waals surface area (Å²) in [7, 11) is 0. The number of carbonyl (C=O) groups excluding carboxylic acids is 2. The zero-order valence-electron chi connectivity index (χ0n) is 18.3. The van der Waals surface area contributed by atoms with Crippen molar-refractivity contribution in [2.75, 3.05) is 0 Å². The molecule has 0 bridgehead atoms. The molecule has 0 heterocycles. The maximum atomic E-state index is 12.2. The molecule has 4 heteroatoms. The molecule has 0 saturated carbocycles. The predicted octanol–water partition coefficient (Wildman–Crippen LogP) is 5.88. The van der Waals surface area contributed by atoms with Crippen LogP contribution in [0.4, 0.5) is 0 Å². The number of rotatable bonds is 7. The van der Waals surface area contributed by atoms with Crippen LogP contribution in [-0.2, 0) is 28.0 Å². The lowest BCUT2D eigenvalue weighted by molar-refractivity contribution is -0.134. The van der Waals surface area contributed by atoms with Crippen molar-refractivity contribution >= 4 is 11.9 Å². The third-order valence-corrected chi connectivity index (χ3v) is 4.97. The average Bonchev–Trinajstić information content (AvgIpc) is 2.77.